The summed E-state index contributed by atoms with van der Waals surface area (Å²) in [6.45, 7) is 0.645. The van der Waals surface area contributed by atoms with E-state index < -0.39 is 5.91 Å². The lowest BCUT2D eigenvalue weighted by Crippen LogP contribution is -2.11. The van der Waals surface area contributed by atoms with Gasteiger partial charge in [0, 0.05) is 16.6 Å². The van der Waals surface area contributed by atoms with Crippen molar-refractivity contribution in [3.63, 3.8) is 0 Å². The summed E-state index contributed by atoms with van der Waals surface area (Å²) in [4.78, 5) is 15.1. The Morgan fingerprint density at radius 1 is 1.50 bits per heavy atom. The van der Waals surface area contributed by atoms with Gasteiger partial charge in [-0.05, 0) is 18.2 Å². The summed E-state index contributed by atoms with van der Waals surface area (Å²) in [5.41, 5.74) is 9.33. The van der Waals surface area contributed by atoms with Crippen molar-refractivity contribution in [1.82, 2.24) is 4.98 Å². The summed E-state index contributed by atoms with van der Waals surface area (Å²) >= 11 is 1.56. The highest BCUT2D eigenvalue weighted by atomic mass is 32.1. The zero-order valence-electron chi connectivity index (χ0n) is 8.51. The maximum absolute atomic E-state index is 11.0. The van der Waals surface area contributed by atoms with Gasteiger partial charge in [-0.1, -0.05) is 6.07 Å². The first-order valence-electron chi connectivity index (χ1n) is 4.76. The van der Waals surface area contributed by atoms with Crippen molar-refractivity contribution in [2.24, 2.45) is 5.73 Å². The van der Waals surface area contributed by atoms with Crippen LogP contribution in [0.2, 0.25) is 0 Å². The molecule has 1 amide bonds. The Labute approximate surface area is 97.1 Å². The van der Waals surface area contributed by atoms with E-state index in [1.807, 2.05) is 11.4 Å². The standard InChI is InChI=1S/C11H11N3OS/c12-11(15)8-2-1-3-9(4-8)13-5-10-6-16-7-14-10/h1-4,6-7,13H,5H2,(H2,12,15). The molecule has 2 aromatic rings. The second-order valence-corrected chi connectivity index (χ2v) is 4.00. The van der Waals surface area contributed by atoms with Gasteiger partial charge in [-0.3, -0.25) is 4.79 Å². The Kier molecular flexibility index (Phi) is 3.16. The second kappa shape index (κ2) is 4.76. The SMILES string of the molecule is NC(=O)c1cccc(NCc2cscn2)c1. The van der Waals surface area contributed by atoms with Gasteiger partial charge in [0.2, 0.25) is 5.91 Å². The number of carbonyl (C=O) groups excluding carboxylic acids is 1. The Balaban J connectivity index is 2.04. The molecule has 0 spiro atoms. The summed E-state index contributed by atoms with van der Waals surface area (Å²) in [6.07, 6.45) is 0. The van der Waals surface area contributed by atoms with Crippen LogP contribution >= 0.6 is 11.3 Å². The molecular formula is C11H11N3OS. The van der Waals surface area contributed by atoms with E-state index in [-0.39, 0.29) is 0 Å². The van der Waals surface area contributed by atoms with Crippen LogP contribution in [0.1, 0.15) is 16.1 Å². The zero-order chi connectivity index (χ0) is 11.4. The quantitative estimate of drug-likeness (QED) is 0.846. The lowest BCUT2D eigenvalue weighted by molar-refractivity contribution is 0.100. The molecule has 1 aromatic heterocycles. The molecule has 16 heavy (non-hydrogen) atoms. The fourth-order valence-corrected chi connectivity index (χ4v) is 1.86. The van der Waals surface area contributed by atoms with Crippen LogP contribution < -0.4 is 11.1 Å². The smallest absolute Gasteiger partial charge is 0.248 e. The van der Waals surface area contributed by atoms with Gasteiger partial charge in [0.1, 0.15) is 0 Å². The normalized spacial score (nSPS) is 10.0. The average Bonchev–Trinajstić information content (AvgIpc) is 2.79. The molecule has 0 atom stereocenters. The third-order valence-corrected chi connectivity index (χ3v) is 2.74. The zero-order valence-corrected chi connectivity index (χ0v) is 9.33. The lowest BCUT2D eigenvalue weighted by atomic mass is 10.2. The molecule has 1 heterocycles. The van der Waals surface area contributed by atoms with Crippen LogP contribution in [0.3, 0.4) is 0 Å². The number of aromatic nitrogens is 1. The molecule has 82 valence electrons. The number of carbonyl (C=O) groups is 1. The third kappa shape index (κ3) is 2.58. The molecule has 0 aliphatic rings. The molecule has 1 aromatic carbocycles. The molecule has 0 radical (unpaired) electrons. The van der Waals surface area contributed by atoms with E-state index in [0.29, 0.717) is 12.1 Å². The largest absolute Gasteiger partial charge is 0.379 e. The summed E-state index contributed by atoms with van der Waals surface area (Å²) in [6, 6.07) is 7.10. The second-order valence-electron chi connectivity index (χ2n) is 3.28. The van der Waals surface area contributed by atoms with Gasteiger partial charge in [-0.2, -0.15) is 0 Å². The molecule has 2 rings (SSSR count). The number of primary amides is 1. The Hall–Kier alpha value is -1.88. The van der Waals surface area contributed by atoms with Gasteiger partial charge < -0.3 is 11.1 Å². The molecule has 0 saturated heterocycles. The number of nitrogens with zero attached hydrogens (tertiary/aromatic N) is 1. The highest BCUT2D eigenvalue weighted by molar-refractivity contribution is 7.07. The molecule has 0 saturated carbocycles. The first-order chi connectivity index (χ1) is 7.75. The number of thiazole rings is 1. The van der Waals surface area contributed by atoms with Crippen molar-refractivity contribution in [3.8, 4) is 0 Å². The van der Waals surface area contributed by atoms with Crippen LogP contribution in [0.4, 0.5) is 5.69 Å². The molecule has 0 fully saturated rings. The summed E-state index contributed by atoms with van der Waals surface area (Å²) in [7, 11) is 0. The minimum atomic E-state index is -0.419. The summed E-state index contributed by atoms with van der Waals surface area (Å²) < 4.78 is 0. The highest BCUT2D eigenvalue weighted by Crippen LogP contribution is 2.11. The van der Waals surface area contributed by atoms with Crippen LogP contribution in [0.25, 0.3) is 0 Å². The molecule has 4 nitrogen and oxygen atoms in total. The van der Waals surface area contributed by atoms with Crippen molar-refractivity contribution in [3.05, 3.63) is 46.4 Å². The van der Waals surface area contributed by atoms with E-state index in [2.05, 4.69) is 10.3 Å². The summed E-state index contributed by atoms with van der Waals surface area (Å²) in [5, 5.41) is 5.16. The first kappa shape index (κ1) is 10.6. The maximum atomic E-state index is 11.0. The van der Waals surface area contributed by atoms with E-state index in [0.717, 1.165) is 11.4 Å². The molecule has 0 aliphatic carbocycles. The van der Waals surface area contributed by atoms with Gasteiger partial charge in [-0.15, -0.1) is 11.3 Å². The van der Waals surface area contributed by atoms with Gasteiger partial charge in [-0.25, -0.2) is 4.98 Å². The monoisotopic (exact) mass is 233 g/mol. The molecule has 0 unspecified atom stereocenters. The van der Waals surface area contributed by atoms with Crippen molar-refractivity contribution in [2.75, 3.05) is 5.32 Å². The highest BCUT2D eigenvalue weighted by Gasteiger charge is 2.01. The Morgan fingerprint density at radius 2 is 2.38 bits per heavy atom. The number of benzene rings is 1. The Bertz CT molecular complexity index is 482. The van der Waals surface area contributed by atoms with Crippen molar-refractivity contribution < 1.29 is 4.79 Å². The fraction of sp³-hybridized carbons (Fsp3) is 0.0909. The minimum Gasteiger partial charge on any atom is -0.379 e. The van der Waals surface area contributed by atoms with Crippen LogP contribution in [0.15, 0.2) is 35.2 Å². The number of hydrogen-bond acceptors (Lipinski definition) is 4. The molecule has 5 heteroatoms. The fourth-order valence-electron chi connectivity index (χ4n) is 1.30. The van der Waals surface area contributed by atoms with E-state index in [1.165, 1.54) is 0 Å². The number of hydrogen-bond donors (Lipinski definition) is 2. The molecule has 3 N–H and O–H groups in total. The van der Waals surface area contributed by atoms with Crippen LogP contribution in [0, 0.1) is 0 Å². The predicted octanol–water partition coefficient (Wildman–Crippen LogP) is 1.85. The van der Waals surface area contributed by atoms with E-state index in [9.17, 15) is 4.79 Å². The summed E-state index contributed by atoms with van der Waals surface area (Å²) in [5.74, 6) is -0.419. The Morgan fingerprint density at radius 3 is 3.06 bits per heavy atom. The van der Waals surface area contributed by atoms with E-state index in [4.69, 9.17) is 5.73 Å². The van der Waals surface area contributed by atoms with Crippen LogP contribution in [-0.4, -0.2) is 10.9 Å². The minimum absolute atomic E-state index is 0.419. The maximum Gasteiger partial charge on any atom is 0.248 e. The van der Waals surface area contributed by atoms with Crippen LogP contribution in [-0.2, 0) is 6.54 Å². The number of rotatable bonds is 4. The van der Waals surface area contributed by atoms with E-state index >= 15 is 0 Å². The van der Waals surface area contributed by atoms with Crippen molar-refractivity contribution in [2.45, 2.75) is 6.54 Å². The van der Waals surface area contributed by atoms with Gasteiger partial charge in [0.15, 0.2) is 0 Å². The molecular weight excluding hydrogens is 222 g/mol. The number of anilines is 1. The first-order valence-corrected chi connectivity index (χ1v) is 5.71. The number of amides is 1. The van der Waals surface area contributed by atoms with E-state index in [1.54, 1.807) is 35.0 Å². The molecule has 0 bridgehead atoms. The molecule has 0 aliphatic heterocycles. The number of nitrogens with one attached hydrogen (secondary N) is 1. The average molecular weight is 233 g/mol. The number of nitrogens with two attached hydrogens (primary N) is 1. The third-order valence-electron chi connectivity index (χ3n) is 2.10. The topological polar surface area (TPSA) is 68.0 Å². The van der Waals surface area contributed by atoms with Crippen molar-refractivity contribution >= 4 is 22.9 Å². The lowest BCUT2D eigenvalue weighted by Gasteiger charge is -2.05. The van der Waals surface area contributed by atoms with Gasteiger partial charge >= 0.3 is 0 Å². The predicted molar refractivity (Wildman–Crippen MR) is 64.4 cm³/mol. The van der Waals surface area contributed by atoms with Crippen molar-refractivity contribution in [1.29, 1.82) is 0 Å². The van der Waals surface area contributed by atoms with Gasteiger partial charge in [0.25, 0.3) is 0 Å². The van der Waals surface area contributed by atoms with Gasteiger partial charge in [0.05, 0.1) is 17.7 Å². The van der Waals surface area contributed by atoms with Crippen LogP contribution in [0.5, 0.6) is 0 Å².